The molecule has 1 heterocycles. The number of alkyl halides is 3. The molecule has 0 aliphatic carbocycles. The van der Waals surface area contributed by atoms with Crippen molar-refractivity contribution in [1.29, 1.82) is 0 Å². The fraction of sp³-hybridized carbons (Fsp3) is 0.360. The molecule has 0 aliphatic rings. The van der Waals surface area contributed by atoms with Crippen molar-refractivity contribution in [3.63, 3.8) is 0 Å². The molecule has 3 rings (SSSR count). The highest BCUT2D eigenvalue weighted by molar-refractivity contribution is 5.79. The summed E-state index contributed by atoms with van der Waals surface area (Å²) in [7, 11) is 1.74. The molecule has 0 spiro atoms. The average Bonchev–Trinajstić information content (AvgIpc) is 3.14. The van der Waals surface area contributed by atoms with Crippen molar-refractivity contribution >= 4 is 5.97 Å². The molecule has 0 fully saturated rings. The van der Waals surface area contributed by atoms with Gasteiger partial charge in [-0.15, -0.1) is 13.2 Å². The van der Waals surface area contributed by atoms with Crippen molar-refractivity contribution in [2.75, 3.05) is 6.61 Å². The van der Waals surface area contributed by atoms with Crippen molar-refractivity contribution in [3.8, 4) is 28.5 Å². The summed E-state index contributed by atoms with van der Waals surface area (Å²) in [6, 6.07) is 12.6. The van der Waals surface area contributed by atoms with Gasteiger partial charge in [0, 0.05) is 12.6 Å². The van der Waals surface area contributed by atoms with Crippen molar-refractivity contribution in [2.45, 2.75) is 46.3 Å². The molecule has 0 atom stereocenters. The summed E-state index contributed by atoms with van der Waals surface area (Å²) in [6.07, 6.45) is -4.74. The topological polar surface area (TPSA) is 71.8 Å². The molecule has 188 valence electrons. The van der Waals surface area contributed by atoms with Crippen molar-refractivity contribution < 1.29 is 36.9 Å². The number of esters is 1. The highest BCUT2D eigenvalue weighted by Crippen LogP contribution is 2.29. The van der Waals surface area contributed by atoms with E-state index in [1.807, 2.05) is 6.92 Å². The Kier molecular flexibility index (Phi) is 7.62. The number of aromatic nitrogens is 2. The molecule has 2 aromatic carbocycles. The molecule has 0 saturated carbocycles. The van der Waals surface area contributed by atoms with Crippen LogP contribution in [0.3, 0.4) is 0 Å². The minimum absolute atomic E-state index is 0.178. The van der Waals surface area contributed by atoms with Gasteiger partial charge in [-0.1, -0.05) is 0 Å². The smallest absolute Gasteiger partial charge is 0.487 e. The molecule has 0 bridgehead atoms. The van der Waals surface area contributed by atoms with E-state index in [1.54, 1.807) is 56.8 Å². The summed E-state index contributed by atoms with van der Waals surface area (Å²) < 4.78 is 59.4. The number of halogens is 3. The number of aryl methyl sites for hydroxylation is 2. The van der Waals surface area contributed by atoms with Gasteiger partial charge in [-0.3, -0.25) is 4.68 Å². The molecular weight excluding hydrogens is 465 g/mol. The van der Waals surface area contributed by atoms with Gasteiger partial charge in [-0.05, 0) is 81.8 Å². The summed E-state index contributed by atoms with van der Waals surface area (Å²) >= 11 is 0. The molecule has 0 unspecified atom stereocenters. The average molecular weight is 492 g/mol. The molecule has 1 aromatic heterocycles. The van der Waals surface area contributed by atoms with Crippen molar-refractivity contribution in [1.82, 2.24) is 9.78 Å². The second-order valence-corrected chi connectivity index (χ2v) is 8.27. The summed E-state index contributed by atoms with van der Waals surface area (Å²) in [6.45, 7) is 7.31. The summed E-state index contributed by atoms with van der Waals surface area (Å²) in [4.78, 5) is 12.1. The molecule has 0 saturated heterocycles. The molecule has 35 heavy (non-hydrogen) atoms. The van der Waals surface area contributed by atoms with Gasteiger partial charge in [0.1, 0.15) is 29.5 Å². The van der Waals surface area contributed by atoms with E-state index in [0.29, 0.717) is 28.5 Å². The number of benzene rings is 2. The molecule has 3 aromatic rings. The maximum atomic E-state index is 12.4. The quantitative estimate of drug-likeness (QED) is 0.363. The lowest BCUT2D eigenvalue weighted by atomic mass is 10.1. The number of rotatable bonds is 9. The zero-order valence-electron chi connectivity index (χ0n) is 20.1. The molecular formula is C25H27F3N2O5. The predicted molar refractivity (Wildman–Crippen MR) is 122 cm³/mol. The molecule has 0 N–H and O–H groups in total. The molecule has 0 radical (unpaired) electrons. The van der Waals surface area contributed by atoms with E-state index in [4.69, 9.17) is 14.2 Å². The van der Waals surface area contributed by atoms with E-state index in [9.17, 15) is 18.0 Å². The summed E-state index contributed by atoms with van der Waals surface area (Å²) in [5.74, 6) is 0.381. The standard InChI is InChI=1S/C25H27F3N2O5/c1-6-32-23(31)24(3,4)35-22-12-11-20(13-16(22)2)33-15-18-14-21(30(5)29-18)17-7-9-19(10-8-17)34-25(26,27)28/h7-14H,6,15H2,1-5H3. The number of nitrogens with zero attached hydrogens (tertiary/aromatic N) is 2. The number of carbonyl (C=O) groups excluding carboxylic acids is 1. The zero-order chi connectivity index (χ0) is 25.8. The van der Waals surface area contributed by atoms with E-state index in [0.717, 1.165) is 5.56 Å². The second-order valence-electron chi connectivity index (χ2n) is 8.27. The second kappa shape index (κ2) is 10.3. The third-order valence-electron chi connectivity index (χ3n) is 4.98. The van der Waals surface area contributed by atoms with Gasteiger partial charge >= 0.3 is 12.3 Å². The van der Waals surface area contributed by atoms with Gasteiger partial charge in [0.15, 0.2) is 5.60 Å². The molecule has 7 nitrogen and oxygen atoms in total. The molecule has 0 amide bonds. The number of ether oxygens (including phenoxy) is 4. The lowest BCUT2D eigenvalue weighted by molar-refractivity contribution is -0.274. The first-order valence-electron chi connectivity index (χ1n) is 10.9. The fourth-order valence-corrected chi connectivity index (χ4v) is 3.30. The lowest BCUT2D eigenvalue weighted by Crippen LogP contribution is -2.39. The van der Waals surface area contributed by atoms with Gasteiger partial charge in [0.05, 0.1) is 12.3 Å². The predicted octanol–water partition coefficient (Wildman–Crippen LogP) is 5.59. The van der Waals surface area contributed by atoms with Crippen molar-refractivity contribution in [3.05, 3.63) is 59.8 Å². The summed E-state index contributed by atoms with van der Waals surface area (Å²) in [5, 5.41) is 4.41. The van der Waals surface area contributed by atoms with Crippen LogP contribution in [-0.4, -0.2) is 34.3 Å². The highest BCUT2D eigenvalue weighted by atomic mass is 19.4. The Labute approximate surface area is 201 Å². The minimum Gasteiger partial charge on any atom is -0.487 e. The Balaban J connectivity index is 1.65. The van der Waals surface area contributed by atoms with E-state index in [-0.39, 0.29) is 19.0 Å². The van der Waals surface area contributed by atoms with E-state index in [2.05, 4.69) is 9.84 Å². The zero-order valence-corrected chi connectivity index (χ0v) is 20.1. The Morgan fingerprint density at radius 1 is 1.00 bits per heavy atom. The first kappa shape index (κ1) is 25.9. The first-order chi connectivity index (χ1) is 16.4. The lowest BCUT2D eigenvalue weighted by Gasteiger charge is -2.25. The third kappa shape index (κ3) is 6.91. The van der Waals surface area contributed by atoms with Crippen LogP contribution in [0.25, 0.3) is 11.3 Å². The van der Waals surface area contributed by atoms with Gasteiger partial charge in [-0.25, -0.2) is 4.79 Å². The van der Waals surface area contributed by atoms with Crippen LogP contribution in [0.5, 0.6) is 17.2 Å². The number of hydrogen-bond donors (Lipinski definition) is 0. The van der Waals surface area contributed by atoms with Crippen molar-refractivity contribution in [2.24, 2.45) is 7.05 Å². The van der Waals surface area contributed by atoms with Crippen LogP contribution in [-0.2, 0) is 23.2 Å². The monoisotopic (exact) mass is 492 g/mol. The van der Waals surface area contributed by atoms with E-state index in [1.165, 1.54) is 24.3 Å². The normalized spacial score (nSPS) is 11.8. The maximum Gasteiger partial charge on any atom is 0.573 e. The van der Waals surface area contributed by atoms with Gasteiger partial charge in [0.2, 0.25) is 0 Å². The SMILES string of the molecule is CCOC(=O)C(C)(C)Oc1ccc(OCc2cc(-c3ccc(OC(F)(F)F)cc3)n(C)n2)cc1C. The van der Waals surface area contributed by atoms with Gasteiger partial charge in [0.25, 0.3) is 0 Å². The van der Waals surface area contributed by atoms with Crippen LogP contribution in [0.2, 0.25) is 0 Å². The highest BCUT2D eigenvalue weighted by Gasteiger charge is 2.32. The van der Waals surface area contributed by atoms with E-state index < -0.39 is 17.9 Å². The fourth-order valence-electron chi connectivity index (χ4n) is 3.30. The Hall–Kier alpha value is -3.69. The van der Waals surface area contributed by atoms with Crippen LogP contribution in [0.15, 0.2) is 48.5 Å². The Morgan fingerprint density at radius 3 is 2.26 bits per heavy atom. The van der Waals surface area contributed by atoms with Gasteiger partial charge < -0.3 is 18.9 Å². The van der Waals surface area contributed by atoms with Crippen LogP contribution in [0.4, 0.5) is 13.2 Å². The van der Waals surface area contributed by atoms with Crippen LogP contribution in [0, 0.1) is 6.92 Å². The number of carbonyl (C=O) groups is 1. The van der Waals surface area contributed by atoms with Crippen LogP contribution < -0.4 is 14.2 Å². The minimum atomic E-state index is -4.74. The van der Waals surface area contributed by atoms with Gasteiger partial charge in [-0.2, -0.15) is 5.10 Å². The molecule has 10 heteroatoms. The Bertz CT molecular complexity index is 1170. The largest absolute Gasteiger partial charge is 0.573 e. The van der Waals surface area contributed by atoms with Crippen LogP contribution >= 0.6 is 0 Å². The molecule has 0 aliphatic heterocycles. The first-order valence-corrected chi connectivity index (χ1v) is 10.9. The number of hydrogen-bond acceptors (Lipinski definition) is 6. The summed E-state index contributed by atoms with van der Waals surface area (Å²) in [5.41, 5.74) is 1.68. The van der Waals surface area contributed by atoms with Crippen LogP contribution in [0.1, 0.15) is 32.0 Å². The Morgan fingerprint density at radius 2 is 1.66 bits per heavy atom. The maximum absolute atomic E-state index is 12.4. The third-order valence-corrected chi connectivity index (χ3v) is 4.98. The van der Waals surface area contributed by atoms with E-state index >= 15 is 0 Å².